The summed E-state index contributed by atoms with van der Waals surface area (Å²) in [6.07, 6.45) is 4.47. The van der Waals surface area contributed by atoms with E-state index in [2.05, 4.69) is 5.32 Å². The lowest BCUT2D eigenvalue weighted by Gasteiger charge is -2.16. The molecule has 0 unspecified atom stereocenters. The van der Waals surface area contributed by atoms with Crippen LogP contribution in [0.1, 0.15) is 63.9 Å². The third kappa shape index (κ3) is 5.56. The number of hydrogen-bond acceptors (Lipinski definition) is 4. The van der Waals surface area contributed by atoms with E-state index in [4.69, 9.17) is 4.74 Å². The summed E-state index contributed by atoms with van der Waals surface area (Å²) in [5.74, 6) is -1.01. The van der Waals surface area contributed by atoms with E-state index >= 15 is 0 Å². The highest BCUT2D eigenvalue weighted by Crippen LogP contribution is 2.23. The Morgan fingerprint density at radius 3 is 2.27 bits per heavy atom. The summed E-state index contributed by atoms with van der Waals surface area (Å²) in [6, 6.07) is 9.81. The molecule has 0 aliphatic heterocycles. The fourth-order valence-electron chi connectivity index (χ4n) is 4.04. The number of carbonyl (C=O) groups is 3. The number of rotatable bonds is 7. The van der Waals surface area contributed by atoms with Gasteiger partial charge in [0.15, 0.2) is 12.4 Å². The molecule has 0 aromatic heterocycles. The zero-order chi connectivity index (χ0) is 21.7. The first-order chi connectivity index (χ1) is 14.3. The number of Topliss-reactive ketones (excluding diaryl/α,β-unsaturated/α-hetero) is 1. The fourth-order valence-corrected chi connectivity index (χ4v) is 4.04. The molecule has 2 aromatic carbocycles. The van der Waals surface area contributed by atoms with Crippen molar-refractivity contribution in [2.75, 3.05) is 11.9 Å². The van der Waals surface area contributed by atoms with Crippen molar-refractivity contribution in [2.45, 2.75) is 59.3 Å². The summed E-state index contributed by atoms with van der Waals surface area (Å²) < 4.78 is 5.05. The van der Waals surface area contributed by atoms with Crippen molar-refractivity contribution in [1.82, 2.24) is 0 Å². The second kappa shape index (κ2) is 9.70. The van der Waals surface area contributed by atoms with Crippen LogP contribution in [0.25, 0.3) is 0 Å². The van der Waals surface area contributed by atoms with Crippen LogP contribution in [0.4, 0.5) is 5.69 Å². The van der Waals surface area contributed by atoms with E-state index in [1.165, 1.54) is 17.5 Å². The maximum Gasteiger partial charge on any atom is 0.306 e. The number of nitrogens with one attached hydrogen (secondary N) is 1. The molecular formula is C25H29NO4. The Hall–Kier alpha value is -2.95. The summed E-state index contributed by atoms with van der Waals surface area (Å²) in [5.41, 5.74) is 7.00. The maximum absolute atomic E-state index is 12.4. The summed E-state index contributed by atoms with van der Waals surface area (Å²) in [5, 5.41) is 2.80. The minimum absolute atomic E-state index is 0.0359. The Morgan fingerprint density at radius 2 is 1.57 bits per heavy atom. The van der Waals surface area contributed by atoms with Crippen LogP contribution in [0.2, 0.25) is 0 Å². The lowest BCUT2D eigenvalue weighted by molar-refractivity contribution is -0.147. The molecule has 0 bridgehead atoms. The van der Waals surface area contributed by atoms with Crippen molar-refractivity contribution in [1.29, 1.82) is 0 Å². The lowest BCUT2D eigenvalue weighted by atomic mass is 9.89. The highest BCUT2D eigenvalue weighted by molar-refractivity contribution is 5.98. The van der Waals surface area contributed by atoms with Crippen molar-refractivity contribution in [3.05, 3.63) is 63.7 Å². The highest BCUT2D eigenvalue weighted by Gasteiger charge is 2.16. The highest BCUT2D eigenvalue weighted by atomic mass is 16.5. The molecule has 0 spiro atoms. The molecule has 1 aliphatic rings. The second-order valence-electron chi connectivity index (χ2n) is 8.10. The number of anilines is 1. The monoisotopic (exact) mass is 407 g/mol. The third-order valence-electron chi connectivity index (χ3n) is 5.53. The van der Waals surface area contributed by atoms with Crippen LogP contribution in [-0.4, -0.2) is 24.3 Å². The molecule has 0 saturated heterocycles. The van der Waals surface area contributed by atoms with Gasteiger partial charge in [0.1, 0.15) is 0 Å². The van der Waals surface area contributed by atoms with E-state index in [1.54, 1.807) is 0 Å². The van der Waals surface area contributed by atoms with E-state index in [1.807, 2.05) is 51.1 Å². The predicted octanol–water partition coefficient (Wildman–Crippen LogP) is 4.64. The van der Waals surface area contributed by atoms with Gasteiger partial charge in [0.2, 0.25) is 0 Å². The van der Waals surface area contributed by atoms with Crippen molar-refractivity contribution in [3.8, 4) is 0 Å². The van der Waals surface area contributed by atoms with Crippen LogP contribution < -0.4 is 5.32 Å². The molecule has 0 saturated carbocycles. The van der Waals surface area contributed by atoms with E-state index < -0.39 is 5.97 Å². The van der Waals surface area contributed by atoms with Crippen LogP contribution in [0.5, 0.6) is 0 Å². The van der Waals surface area contributed by atoms with Crippen molar-refractivity contribution >= 4 is 23.3 Å². The number of fused-ring (bicyclic) bond motifs is 1. The van der Waals surface area contributed by atoms with Crippen LogP contribution >= 0.6 is 0 Å². The predicted molar refractivity (Wildman–Crippen MR) is 117 cm³/mol. The SMILES string of the molecule is Cc1cc(C)c(NC(=O)COC(=O)CCC(=O)c2ccc3c(c2)CCCC3)c(C)c1. The Morgan fingerprint density at radius 1 is 0.900 bits per heavy atom. The molecule has 3 rings (SSSR count). The molecular weight excluding hydrogens is 378 g/mol. The molecule has 0 fully saturated rings. The number of ketones is 1. The molecule has 1 N–H and O–H groups in total. The molecule has 0 heterocycles. The molecule has 0 radical (unpaired) electrons. The number of aryl methyl sites for hydroxylation is 5. The van der Waals surface area contributed by atoms with Gasteiger partial charge in [-0.15, -0.1) is 0 Å². The molecule has 158 valence electrons. The van der Waals surface area contributed by atoms with Gasteiger partial charge in [-0.1, -0.05) is 29.8 Å². The third-order valence-corrected chi connectivity index (χ3v) is 5.53. The second-order valence-corrected chi connectivity index (χ2v) is 8.10. The standard InChI is InChI=1S/C25H29NO4/c1-16-12-17(2)25(18(3)13-16)26-23(28)15-30-24(29)11-10-22(27)21-9-8-19-6-4-5-7-20(19)14-21/h8-9,12-14H,4-7,10-11,15H2,1-3H3,(H,26,28). The van der Waals surface area contributed by atoms with E-state index in [0.29, 0.717) is 5.56 Å². The van der Waals surface area contributed by atoms with Gasteiger partial charge in [-0.05, 0) is 74.8 Å². The molecule has 1 amide bonds. The van der Waals surface area contributed by atoms with E-state index in [9.17, 15) is 14.4 Å². The number of carbonyl (C=O) groups excluding carboxylic acids is 3. The van der Waals surface area contributed by atoms with Gasteiger partial charge in [0.25, 0.3) is 5.91 Å². The summed E-state index contributed by atoms with van der Waals surface area (Å²) in [6.45, 7) is 5.49. The summed E-state index contributed by atoms with van der Waals surface area (Å²) in [4.78, 5) is 36.6. The topological polar surface area (TPSA) is 72.5 Å². The number of esters is 1. The average molecular weight is 408 g/mol. The zero-order valence-corrected chi connectivity index (χ0v) is 18.0. The van der Waals surface area contributed by atoms with Crippen molar-refractivity contribution in [3.63, 3.8) is 0 Å². The van der Waals surface area contributed by atoms with Crippen molar-refractivity contribution in [2.24, 2.45) is 0 Å². The minimum Gasteiger partial charge on any atom is -0.456 e. The van der Waals surface area contributed by atoms with Crippen molar-refractivity contribution < 1.29 is 19.1 Å². The van der Waals surface area contributed by atoms with E-state index in [0.717, 1.165) is 41.6 Å². The smallest absolute Gasteiger partial charge is 0.306 e. The number of hydrogen-bond donors (Lipinski definition) is 1. The Kier molecular flexibility index (Phi) is 7.03. The first-order valence-corrected chi connectivity index (χ1v) is 10.5. The van der Waals surface area contributed by atoms with Crippen LogP contribution in [0.3, 0.4) is 0 Å². The Balaban J connectivity index is 1.46. The van der Waals surface area contributed by atoms with Gasteiger partial charge in [-0.2, -0.15) is 0 Å². The maximum atomic E-state index is 12.4. The zero-order valence-electron chi connectivity index (χ0n) is 18.0. The Labute approximate surface area is 177 Å². The van der Waals surface area contributed by atoms with Gasteiger partial charge in [0, 0.05) is 17.7 Å². The van der Waals surface area contributed by atoms with Gasteiger partial charge in [-0.3, -0.25) is 14.4 Å². The first kappa shape index (κ1) is 21.8. The minimum atomic E-state index is -0.547. The van der Waals surface area contributed by atoms with Gasteiger partial charge in [-0.25, -0.2) is 0 Å². The molecule has 5 nitrogen and oxygen atoms in total. The largest absolute Gasteiger partial charge is 0.456 e. The van der Waals surface area contributed by atoms with Crippen LogP contribution in [0, 0.1) is 20.8 Å². The van der Waals surface area contributed by atoms with Gasteiger partial charge in [0.05, 0.1) is 6.42 Å². The molecule has 5 heteroatoms. The molecule has 0 atom stereocenters. The molecule has 30 heavy (non-hydrogen) atoms. The molecule has 1 aliphatic carbocycles. The fraction of sp³-hybridized carbons (Fsp3) is 0.400. The van der Waals surface area contributed by atoms with Crippen LogP contribution in [-0.2, 0) is 27.2 Å². The normalized spacial score (nSPS) is 12.8. The average Bonchev–Trinajstić information content (AvgIpc) is 2.72. The first-order valence-electron chi connectivity index (χ1n) is 10.5. The Bertz CT molecular complexity index is 954. The number of amides is 1. The molecule has 2 aromatic rings. The van der Waals surface area contributed by atoms with Gasteiger partial charge < -0.3 is 10.1 Å². The lowest BCUT2D eigenvalue weighted by Crippen LogP contribution is -2.22. The summed E-state index contributed by atoms with van der Waals surface area (Å²) >= 11 is 0. The van der Waals surface area contributed by atoms with Crippen LogP contribution in [0.15, 0.2) is 30.3 Å². The quantitative estimate of drug-likeness (QED) is 0.536. The van der Waals surface area contributed by atoms with Gasteiger partial charge >= 0.3 is 5.97 Å². The summed E-state index contributed by atoms with van der Waals surface area (Å²) in [7, 11) is 0. The van der Waals surface area contributed by atoms with E-state index in [-0.39, 0.29) is 31.1 Å². The number of ether oxygens (including phenoxy) is 1. The number of benzene rings is 2.